The van der Waals surface area contributed by atoms with Gasteiger partial charge in [0.15, 0.2) is 5.41 Å². The van der Waals surface area contributed by atoms with Gasteiger partial charge in [0.25, 0.3) is 0 Å². The zero-order valence-corrected chi connectivity index (χ0v) is 14.6. The molecule has 2 aliphatic rings. The van der Waals surface area contributed by atoms with Crippen LogP contribution in [0, 0.1) is 57.2 Å². The van der Waals surface area contributed by atoms with E-state index in [1.54, 1.807) is 13.0 Å². The molecule has 1 amide bonds. The first-order valence-corrected chi connectivity index (χ1v) is 8.22. The Bertz CT molecular complexity index is 746. The van der Waals surface area contributed by atoms with Crippen molar-refractivity contribution in [2.24, 2.45) is 28.9 Å². The van der Waals surface area contributed by atoms with Gasteiger partial charge < -0.3 is 15.4 Å². The highest BCUT2D eigenvalue weighted by Gasteiger charge is 2.55. The number of fused-ring (bicyclic) bond motifs is 1. The van der Waals surface area contributed by atoms with E-state index in [4.69, 9.17) is 10.5 Å². The van der Waals surface area contributed by atoms with Crippen LogP contribution in [0.25, 0.3) is 0 Å². The Labute approximate surface area is 147 Å². The highest BCUT2D eigenvalue weighted by molar-refractivity contribution is 5.69. The van der Waals surface area contributed by atoms with E-state index in [0.717, 1.165) is 5.57 Å². The molecule has 7 heteroatoms. The fourth-order valence-corrected chi connectivity index (χ4v) is 3.95. The lowest BCUT2D eigenvalue weighted by atomic mass is 9.57. The number of nitrogens with two attached hydrogens (primary N) is 1. The van der Waals surface area contributed by atoms with Crippen molar-refractivity contribution in [2.45, 2.75) is 20.8 Å². The maximum Gasteiger partial charge on any atom is 0.410 e. The number of rotatable bonds is 2. The molecule has 2 rings (SSSR count). The van der Waals surface area contributed by atoms with E-state index < -0.39 is 17.4 Å². The number of ether oxygens (including phenoxy) is 1. The van der Waals surface area contributed by atoms with Gasteiger partial charge in [0.1, 0.15) is 6.07 Å². The average molecular weight is 339 g/mol. The van der Waals surface area contributed by atoms with Gasteiger partial charge in [0.2, 0.25) is 0 Å². The van der Waals surface area contributed by atoms with E-state index in [9.17, 15) is 20.6 Å². The van der Waals surface area contributed by atoms with Crippen LogP contribution in [0.2, 0.25) is 0 Å². The Morgan fingerprint density at radius 3 is 2.56 bits per heavy atom. The fraction of sp³-hybridized carbons (Fsp3) is 0.556. The van der Waals surface area contributed by atoms with Crippen LogP contribution in [0.15, 0.2) is 22.9 Å². The fourth-order valence-electron chi connectivity index (χ4n) is 3.95. The lowest BCUT2D eigenvalue weighted by Gasteiger charge is -2.46. The summed E-state index contributed by atoms with van der Waals surface area (Å²) in [4.78, 5) is 13.6. The number of amides is 1. The maximum absolute atomic E-state index is 12.1. The van der Waals surface area contributed by atoms with E-state index in [1.165, 1.54) is 4.90 Å². The molecule has 1 heterocycles. The number of carbonyl (C=O) groups is 1. The van der Waals surface area contributed by atoms with Crippen molar-refractivity contribution in [3.63, 3.8) is 0 Å². The largest absolute Gasteiger partial charge is 0.450 e. The molecule has 0 spiro atoms. The van der Waals surface area contributed by atoms with Crippen LogP contribution in [0.4, 0.5) is 4.79 Å². The summed E-state index contributed by atoms with van der Waals surface area (Å²) in [5.41, 5.74) is 5.48. The Morgan fingerprint density at radius 1 is 1.44 bits per heavy atom. The van der Waals surface area contributed by atoms with Crippen molar-refractivity contribution >= 4 is 6.09 Å². The highest BCUT2D eigenvalue weighted by Crippen LogP contribution is 2.52. The van der Waals surface area contributed by atoms with Gasteiger partial charge >= 0.3 is 6.09 Å². The molecule has 0 saturated heterocycles. The van der Waals surface area contributed by atoms with Crippen LogP contribution in [0.5, 0.6) is 0 Å². The molecular formula is C18H21N5O2. The van der Waals surface area contributed by atoms with Crippen LogP contribution in [0.3, 0.4) is 0 Å². The molecule has 1 aliphatic carbocycles. The van der Waals surface area contributed by atoms with E-state index in [2.05, 4.69) is 18.2 Å². The molecule has 0 unspecified atom stereocenters. The van der Waals surface area contributed by atoms with Crippen LogP contribution in [0.1, 0.15) is 20.8 Å². The predicted octanol–water partition coefficient (Wildman–Crippen LogP) is 2.06. The average Bonchev–Trinajstić information content (AvgIpc) is 2.60. The van der Waals surface area contributed by atoms with Gasteiger partial charge in [-0.2, -0.15) is 15.8 Å². The zero-order chi connectivity index (χ0) is 18.8. The van der Waals surface area contributed by atoms with Gasteiger partial charge in [-0.15, -0.1) is 0 Å². The Morgan fingerprint density at radius 2 is 2.08 bits per heavy atom. The summed E-state index contributed by atoms with van der Waals surface area (Å²) < 4.78 is 5.06. The summed E-state index contributed by atoms with van der Waals surface area (Å²) in [6.07, 6.45) is 1.34. The molecule has 0 bridgehead atoms. The third-order valence-corrected chi connectivity index (χ3v) is 4.97. The summed E-state index contributed by atoms with van der Waals surface area (Å²) in [5.74, 6) is -0.795. The minimum Gasteiger partial charge on any atom is -0.450 e. The third-order valence-electron chi connectivity index (χ3n) is 4.97. The molecule has 130 valence electrons. The zero-order valence-electron chi connectivity index (χ0n) is 14.6. The quantitative estimate of drug-likeness (QED) is 0.820. The van der Waals surface area contributed by atoms with Crippen molar-refractivity contribution < 1.29 is 9.53 Å². The SMILES string of the molecule is CCOC(=O)N1CC=C2C(C#N)=C(N)C(C#N)(C#N)[C@H](C(C)C)[C@@H]2C1. The summed E-state index contributed by atoms with van der Waals surface area (Å²) in [5, 5.41) is 29.1. The van der Waals surface area contributed by atoms with Crippen LogP contribution >= 0.6 is 0 Å². The van der Waals surface area contributed by atoms with E-state index >= 15 is 0 Å². The van der Waals surface area contributed by atoms with Crippen molar-refractivity contribution in [2.75, 3.05) is 19.7 Å². The summed E-state index contributed by atoms with van der Waals surface area (Å²) >= 11 is 0. The number of nitriles is 3. The molecular weight excluding hydrogens is 318 g/mol. The molecule has 0 radical (unpaired) electrons. The van der Waals surface area contributed by atoms with E-state index in [0.29, 0.717) is 6.54 Å². The van der Waals surface area contributed by atoms with Crippen molar-refractivity contribution in [1.29, 1.82) is 15.8 Å². The monoisotopic (exact) mass is 339 g/mol. The molecule has 0 saturated carbocycles. The molecule has 1 aliphatic heterocycles. The molecule has 0 aromatic carbocycles. The minimum absolute atomic E-state index is 0.0192. The topological polar surface area (TPSA) is 127 Å². The lowest BCUT2D eigenvalue weighted by Crippen LogP contribution is -2.52. The predicted molar refractivity (Wildman–Crippen MR) is 89.0 cm³/mol. The second-order valence-electron chi connectivity index (χ2n) is 6.57. The number of carbonyl (C=O) groups excluding carboxylic acids is 1. The molecule has 0 aromatic heterocycles. The number of nitrogens with zero attached hydrogens (tertiary/aromatic N) is 4. The smallest absolute Gasteiger partial charge is 0.410 e. The summed E-state index contributed by atoms with van der Waals surface area (Å²) in [7, 11) is 0. The van der Waals surface area contributed by atoms with Crippen LogP contribution in [-0.2, 0) is 4.74 Å². The highest BCUT2D eigenvalue weighted by atomic mass is 16.6. The van der Waals surface area contributed by atoms with Gasteiger partial charge in [0.05, 0.1) is 30.0 Å². The molecule has 2 atom stereocenters. The molecule has 7 nitrogen and oxygen atoms in total. The van der Waals surface area contributed by atoms with E-state index in [1.807, 2.05) is 13.8 Å². The first-order valence-electron chi connectivity index (χ1n) is 8.22. The first kappa shape index (κ1) is 18.4. The van der Waals surface area contributed by atoms with Gasteiger partial charge in [-0.1, -0.05) is 19.9 Å². The second kappa shape index (κ2) is 6.87. The van der Waals surface area contributed by atoms with Gasteiger partial charge in [-0.3, -0.25) is 0 Å². The minimum atomic E-state index is -1.58. The molecule has 0 aromatic rings. The molecule has 2 N–H and O–H groups in total. The van der Waals surface area contributed by atoms with Gasteiger partial charge in [-0.25, -0.2) is 4.79 Å². The standard InChI is InChI=1S/C18H21N5O2/c1-4-25-17(24)23-6-5-12-13(7-19)16(22)18(9-20,10-21)15(11(2)3)14(12)8-23/h5,11,14-15H,4,6,8,22H2,1-3H3/t14-,15-/m1/s1. The maximum atomic E-state index is 12.1. The van der Waals surface area contributed by atoms with E-state index in [-0.39, 0.29) is 36.3 Å². The van der Waals surface area contributed by atoms with Crippen LogP contribution < -0.4 is 5.73 Å². The summed E-state index contributed by atoms with van der Waals surface area (Å²) in [6.45, 7) is 6.42. The first-order chi connectivity index (χ1) is 11.9. The second-order valence-corrected chi connectivity index (χ2v) is 6.57. The van der Waals surface area contributed by atoms with Gasteiger partial charge in [-0.05, 0) is 18.4 Å². The lowest BCUT2D eigenvalue weighted by molar-refractivity contribution is 0.0860. The third kappa shape index (κ3) is 2.71. The van der Waals surface area contributed by atoms with Crippen molar-refractivity contribution in [3.05, 3.63) is 22.9 Å². The number of allylic oxidation sites excluding steroid dienone is 2. The normalized spacial score (nSPS) is 24.5. The number of hydrogen-bond donors (Lipinski definition) is 1. The molecule has 0 fully saturated rings. The molecule has 25 heavy (non-hydrogen) atoms. The Hall–Kier alpha value is -2.98. The summed E-state index contributed by atoms with van der Waals surface area (Å²) in [6, 6.07) is 6.17. The Balaban J connectivity index is 2.63. The van der Waals surface area contributed by atoms with Crippen molar-refractivity contribution in [1.82, 2.24) is 4.90 Å². The van der Waals surface area contributed by atoms with Crippen molar-refractivity contribution in [3.8, 4) is 18.2 Å². The number of hydrogen-bond acceptors (Lipinski definition) is 6. The van der Waals surface area contributed by atoms with Gasteiger partial charge in [0, 0.05) is 24.9 Å². The Kier molecular flexibility index (Phi) is 5.04. The van der Waals surface area contributed by atoms with Crippen LogP contribution in [-0.4, -0.2) is 30.7 Å².